The molecule has 1 amide bonds. The molecule has 29 heavy (non-hydrogen) atoms. The summed E-state index contributed by atoms with van der Waals surface area (Å²) in [7, 11) is 3.16. The zero-order valence-corrected chi connectivity index (χ0v) is 17.3. The van der Waals surface area contributed by atoms with Crippen LogP contribution in [0.1, 0.15) is 42.1 Å². The van der Waals surface area contributed by atoms with E-state index < -0.39 is 0 Å². The minimum Gasteiger partial charge on any atom is -0.493 e. The number of carbonyl (C=O) groups is 1. The number of carbonyl (C=O) groups excluding carboxylic acids is 1. The van der Waals surface area contributed by atoms with Gasteiger partial charge in [-0.2, -0.15) is 0 Å². The van der Waals surface area contributed by atoms with Gasteiger partial charge in [-0.05, 0) is 56.0 Å². The maximum atomic E-state index is 12.8. The van der Waals surface area contributed by atoms with Crippen LogP contribution in [-0.2, 0) is 6.54 Å². The lowest BCUT2D eigenvalue weighted by molar-refractivity contribution is 0.0765. The van der Waals surface area contributed by atoms with E-state index in [-0.39, 0.29) is 11.4 Å². The first kappa shape index (κ1) is 20.9. The van der Waals surface area contributed by atoms with Gasteiger partial charge in [0.05, 0.1) is 27.0 Å². The van der Waals surface area contributed by atoms with Gasteiger partial charge in [0.1, 0.15) is 5.75 Å². The molecular formula is C22H29N3O4. The summed E-state index contributed by atoms with van der Waals surface area (Å²) in [5.41, 5.74) is 7.73. The molecule has 0 saturated heterocycles. The second kappa shape index (κ2) is 9.13. The van der Waals surface area contributed by atoms with Crippen LogP contribution in [-0.4, -0.2) is 48.7 Å². The summed E-state index contributed by atoms with van der Waals surface area (Å²) in [5, 5.41) is 0. The molecule has 0 fully saturated rings. The van der Waals surface area contributed by atoms with Gasteiger partial charge in [0.25, 0.3) is 5.91 Å². The topological polar surface area (TPSA) is 86.9 Å². The Morgan fingerprint density at radius 3 is 2.66 bits per heavy atom. The number of aromatic nitrogens is 1. The lowest BCUT2D eigenvalue weighted by atomic mass is 9.93. The fraction of sp³-hybridized carbons (Fsp3) is 0.455. The highest BCUT2D eigenvalue weighted by Crippen LogP contribution is 2.35. The molecule has 0 saturated carbocycles. The predicted octanol–water partition coefficient (Wildman–Crippen LogP) is 3.02. The average molecular weight is 399 g/mol. The molecule has 1 aliphatic heterocycles. The van der Waals surface area contributed by atoms with Gasteiger partial charge in [0, 0.05) is 30.4 Å². The summed E-state index contributed by atoms with van der Waals surface area (Å²) < 4.78 is 16.3. The van der Waals surface area contributed by atoms with E-state index in [1.807, 2.05) is 30.0 Å². The minimum absolute atomic E-state index is 0.0108. The average Bonchev–Trinajstić information content (AvgIpc) is 3.04. The largest absolute Gasteiger partial charge is 0.493 e. The number of methoxy groups -OCH3 is 2. The Morgan fingerprint density at radius 1 is 1.21 bits per heavy atom. The standard InChI is InChI=1S/C22H29N3O4/c1-22(23,7-5-11-29-17-6-4-9-24-14-17)8-10-25-15-16-12-19(27-2)20(28-3)13-18(16)21(25)26/h4,6,9,12-14H,5,7-8,10-11,15,23H2,1-3H3. The monoisotopic (exact) mass is 399 g/mol. The van der Waals surface area contributed by atoms with E-state index in [4.69, 9.17) is 19.9 Å². The van der Waals surface area contributed by atoms with Crippen LogP contribution >= 0.6 is 0 Å². The summed E-state index contributed by atoms with van der Waals surface area (Å²) >= 11 is 0. The molecule has 1 aromatic heterocycles. The van der Waals surface area contributed by atoms with Crippen molar-refractivity contribution in [3.05, 3.63) is 47.8 Å². The third-order valence-corrected chi connectivity index (χ3v) is 5.24. The Kier molecular flexibility index (Phi) is 6.59. The Balaban J connectivity index is 1.49. The fourth-order valence-corrected chi connectivity index (χ4v) is 3.49. The van der Waals surface area contributed by atoms with Gasteiger partial charge >= 0.3 is 0 Å². The molecule has 1 unspecified atom stereocenters. The number of ether oxygens (including phenoxy) is 3. The minimum atomic E-state index is -0.372. The highest BCUT2D eigenvalue weighted by Gasteiger charge is 2.30. The van der Waals surface area contributed by atoms with E-state index in [1.165, 1.54) is 0 Å². The second-order valence-corrected chi connectivity index (χ2v) is 7.64. The molecule has 7 nitrogen and oxygen atoms in total. The van der Waals surface area contributed by atoms with Crippen molar-refractivity contribution in [1.82, 2.24) is 9.88 Å². The number of rotatable bonds is 10. The molecule has 1 aromatic carbocycles. The third kappa shape index (κ3) is 5.17. The number of benzene rings is 1. The normalized spacial score (nSPS) is 15.0. The molecule has 0 bridgehead atoms. The van der Waals surface area contributed by atoms with Gasteiger partial charge in [0.15, 0.2) is 11.5 Å². The first-order chi connectivity index (χ1) is 13.9. The number of amides is 1. The lowest BCUT2D eigenvalue weighted by Gasteiger charge is -2.27. The van der Waals surface area contributed by atoms with Crippen molar-refractivity contribution < 1.29 is 19.0 Å². The van der Waals surface area contributed by atoms with Crippen LogP contribution in [0, 0.1) is 0 Å². The van der Waals surface area contributed by atoms with Crippen LogP contribution in [0.2, 0.25) is 0 Å². The number of nitrogens with zero attached hydrogens (tertiary/aromatic N) is 2. The van der Waals surface area contributed by atoms with Gasteiger partial charge in [-0.1, -0.05) is 0 Å². The molecule has 7 heteroatoms. The predicted molar refractivity (Wildman–Crippen MR) is 110 cm³/mol. The van der Waals surface area contributed by atoms with Crippen LogP contribution in [0.25, 0.3) is 0 Å². The van der Waals surface area contributed by atoms with Crippen molar-refractivity contribution in [2.24, 2.45) is 5.73 Å². The zero-order valence-electron chi connectivity index (χ0n) is 17.3. The summed E-state index contributed by atoms with van der Waals surface area (Å²) in [6, 6.07) is 7.37. The van der Waals surface area contributed by atoms with Crippen molar-refractivity contribution in [1.29, 1.82) is 0 Å². The summed E-state index contributed by atoms with van der Waals surface area (Å²) in [6.45, 7) is 3.78. The van der Waals surface area contributed by atoms with Crippen molar-refractivity contribution >= 4 is 5.91 Å². The molecular weight excluding hydrogens is 370 g/mol. The Hall–Kier alpha value is -2.80. The van der Waals surface area contributed by atoms with Gasteiger partial charge in [-0.3, -0.25) is 9.78 Å². The Bertz CT molecular complexity index is 839. The van der Waals surface area contributed by atoms with Crippen LogP contribution < -0.4 is 19.9 Å². The van der Waals surface area contributed by atoms with E-state index >= 15 is 0 Å². The summed E-state index contributed by atoms with van der Waals surface area (Å²) in [5.74, 6) is 1.98. The molecule has 1 atom stereocenters. The van der Waals surface area contributed by atoms with E-state index in [0.29, 0.717) is 43.2 Å². The first-order valence-corrected chi connectivity index (χ1v) is 9.79. The van der Waals surface area contributed by atoms with Crippen LogP contribution in [0.4, 0.5) is 0 Å². The number of pyridine rings is 1. The van der Waals surface area contributed by atoms with E-state index in [0.717, 1.165) is 24.2 Å². The number of nitrogens with two attached hydrogens (primary N) is 1. The summed E-state index contributed by atoms with van der Waals surface area (Å²) in [6.07, 6.45) is 5.78. The number of hydrogen-bond donors (Lipinski definition) is 1. The van der Waals surface area contributed by atoms with Gasteiger partial charge in [-0.25, -0.2) is 0 Å². The van der Waals surface area contributed by atoms with Crippen LogP contribution in [0.3, 0.4) is 0 Å². The zero-order chi connectivity index (χ0) is 20.9. The smallest absolute Gasteiger partial charge is 0.254 e. The molecule has 156 valence electrons. The van der Waals surface area contributed by atoms with E-state index in [1.54, 1.807) is 32.7 Å². The summed E-state index contributed by atoms with van der Waals surface area (Å²) in [4.78, 5) is 18.6. The molecule has 3 rings (SSSR count). The van der Waals surface area contributed by atoms with Gasteiger partial charge < -0.3 is 24.8 Å². The highest BCUT2D eigenvalue weighted by atomic mass is 16.5. The van der Waals surface area contributed by atoms with Crippen LogP contribution in [0.5, 0.6) is 17.2 Å². The molecule has 2 N–H and O–H groups in total. The van der Waals surface area contributed by atoms with E-state index in [2.05, 4.69) is 4.98 Å². The molecule has 1 aliphatic rings. The molecule has 0 spiro atoms. The van der Waals surface area contributed by atoms with Crippen molar-refractivity contribution in [3.8, 4) is 17.2 Å². The van der Waals surface area contributed by atoms with Crippen molar-refractivity contribution in [2.75, 3.05) is 27.4 Å². The SMILES string of the molecule is COc1cc2c(cc1OC)C(=O)N(CCC(C)(N)CCCOc1cccnc1)C2. The van der Waals surface area contributed by atoms with Crippen molar-refractivity contribution in [3.63, 3.8) is 0 Å². The number of fused-ring (bicyclic) bond motifs is 1. The Labute approximate surface area is 171 Å². The quantitative estimate of drug-likeness (QED) is 0.618. The van der Waals surface area contributed by atoms with E-state index in [9.17, 15) is 4.79 Å². The lowest BCUT2D eigenvalue weighted by Crippen LogP contribution is -2.40. The molecule has 0 radical (unpaired) electrons. The maximum Gasteiger partial charge on any atom is 0.254 e. The number of hydrogen-bond acceptors (Lipinski definition) is 6. The van der Waals surface area contributed by atoms with Crippen LogP contribution in [0.15, 0.2) is 36.7 Å². The fourth-order valence-electron chi connectivity index (χ4n) is 3.49. The maximum absolute atomic E-state index is 12.8. The van der Waals surface area contributed by atoms with Crippen molar-refractivity contribution in [2.45, 2.75) is 38.3 Å². The molecule has 2 heterocycles. The molecule has 0 aliphatic carbocycles. The second-order valence-electron chi connectivity index (χ2n) is 7.64. The van der Waals surface area contributed by atoms with Gasteiger partial charge in [-0.15, -0.1) is 0 Å². The molecule has 2 aromatic rings. The highest BCUT2D eigenvalue weighted by molar-refractivity contribution is 5.99. The Morgan fingerprint density at radius 2 is 1.97 bits per heavy atom. The van der Waals surface area contributed by atoms with Gasteiger partial charge in [0.2, 0.25) is 0 Å². The first-order valence-electron chi connectivity index (χ1n) is 9.79. The third-order valence-electron chi connectivity index (χ3n) is 5.24.